The molecule has 30 heavy (non-hydrogen) atoms. The van der Waals surface area contributed by atoms with E-state index in [-0.39, 0.29) is 37.2 Å². The van der Waals surface area contributed by atoms with Crippen LogP contribution in [0.3, 0.4) is 0 Å². The molecule has 0 radical (unpaired) electrons. The molecule has 0 aliphatic rings. The third-order valence-electron chi connectivity index (χ3n) is 4.14. The normalized spacial score (nSPS) is 8.80. The molecule has 0 bridgehead atoms. The van der Waals surface area contributed by atoms with Crippen molar-refractivity contribution >= 4 is 67.9 Å². The maximum atomic E-state index is 2.19. The van der Waals surface area contributed by atoms with E-state index in [1.807, 2.05) is 0 Å². The van der Waals surface area contributed by atoms with Gasteiger partial charge < -0.3 is 0 Å². The maximum Gasteiger partial charge on any atom is 0.00321 e. The highest BCUT2D eigenvalue weighted by Gasteiger charge is 1.86. The van der Waals surface area contributed by atoms with E-state index in [0.29, 0.717) is 0 Å². The Balaban J connectivity index is -0.000000347. The maximum absolute atomic E-state index is 2.19. The smallest absolute Gasteiger partial charge is 0.00321 e. The van der Waals surface area contributed by atoms with Crippen LogP contribution in [0, 0.1) is 0 Å². The number of hydrogen-bond donors (Lipinski definition) is 0. The van der Waals surface area contributed by atoms with E-state index in [2.05, 4.69) is 91.0 Å². The molecular weight excluding hydrogens is 479 g/mol. The molecule has 0 fully saturated rings. The molecule has 168 valence electrons. The van der Waals surface area contributed by atoms with Crippen LogP contribution in [0.2, 0.25) is 18.1 Å². The zero-order valence-electron chi connectivity index (χ0n) is 18.6. The molecule has 0 N–H and O–H groups in total. The molecule has 0 nitrogen and oxygen atoms in total. The predicted octanol–water partition coefficient (Wildman–Crippen LogP) is 4.30. The average molecular weight is 518 g/mol. The summed E-state index contributed by atoms with van der Waals surface area (Å²) in [5.74, 6) is 0. The van der Waals surface area contributed by atoms with Crippen molar-refractivity contribution in [1.82, 2.24) is 0 Å². The molecule has 0 aromatic heterocycles. The Bertz CT molecular complexity index is 585. The number of halogens is 3. The van der Waals surface area contributed by atoms with Crippen molar-refractivity contribution in [3.63, 3.8) is 0 Å². The van der Waals surface area contributed by atoms with Gasteiger partial charge in [-0.2, -0.15) is 0 Å². The number of rotatable bonds is 6. The first-order valence-electron chi connectivity index (χ1n) is 10.4. The van der Waals surface area contributed by atoms with Crippen LogP contribution in [0.5, 0.6) is 0 Å². The second kappa shape index (κ2) is 24.5. The Morgan fingerprint density at radius 2 is 0.567 bits per heavy atom. The first-order chi connectivity index (χ1) is 13.3. The first kappa shape index (κ1) is 33.8. The molecule has 0 aliphatic heterocycles. The van der Waals surface area contributed by atoms with Crippen LogP contribution in [-0.4, -0.2) is 30.7 Å². The van der Waals surface area contributed by atoms with E-state index in [1.165, 1.54) is 84.8 Å². The summed E-state index contributed by atoms with van der Waals surface area (Å²) in [5.41, 5.74) is 4.44. The molecule has 0 unspecified atom stereocenters. The lowest BCUT2D eigenvalue weighted by molar-refractivity contribution is 1.13. The molecule has 3 rings (SSSR count). The van der Waals surface area contributed by atoms with Crippen molar-refractivity contribution in [2.24, 2.45) is 0 Å². The molecule has 0 saturated carbocycles. The molecule has 0 saturated heterocycles. The van der Waals surface area contributed by atoms with Gasteiger partial charge in [-0.05, 0) is 36.0 Å². The summed E-state index contributed by atoms with van der Waals surface area (Å²) < 4.78 is 0. The second-order valence-corrected chi connectivity index (χ2v) is 9.71. The monoisotopic (exact) mass is 516 g/mol. The van der Waals surface area contributed by atoms with Gasteiger partial charge in [-0.15, -0.1) is 37.2 Å². The minimum Gasteiger partial charge on any atom is -0.147 e. The van der Waals surface area contributed by atoms with Crippen LogP contribution in [0.1, 0.15) is 16.7 Å². The lowest BCUT2D eigenvalue weighted by Crippen LogP contribution is -1.80. The van der Waals surface area contributed by atoms with Gasteiger partial charge in [0.05, 0.1) is 0 Å². The van der Waals surface area contributed by atoms with Gasteiger partial charge in [0.15, 0.2) is 0 Å². The van der Waals surface area contributed by atoms with E-state index >= 15 is 0 Å². The van der Waals surface area contributed by atoms with E-state index < -0.39 is 0 Å². The first-order valence-corrected chi connectivity index (χ1v) is 14.7. The Hall–Kier alpha value is -0.819. The summed E-state index contributed by atoms with van der Waals surface area (Å²) in [5, 5.41) is 0. The standard InChI is InChI=1S/3C8H12Si.3ClH/c3*9-7-6-8-4-2-1-3-5-8;;;/h3*1-5H,6-7H2,9H3;3*1H. The summed E-state index contributed by atoms with van der Waals surface area (Å²) in [7, 11) is 3.97. The topological polar surface area (TPSA) is 0 Å². The van der Waals surface area contributed by atoms with Crippen LogP contribution >= 0.6 is 37.2 Å². The third kappa shape index (κ3) is 18.0. The zero-order chi connectivity index (χ0) is 19.6. The summed E-state index contributed by atoms with van der Waals surface area (Å²) in [6.07, 6.45) is 3.81. The van der Waals surface area contributed by atoms with Crippen molar-refractivity contribution in [2.45, 2.75) is 37.4 Å². The van der Waals surface area contributed by atoms with Crippen molar-refractivity contribution < 1.29 is 0 Å². The number of hydrogen-bond acceptors (Lipinski definition) is 0. The Morgan fingerprint density at radius 3 is 0.733 bits per heavy atom. The third-order valence-corrected chi connectivity index (χ3v) is 5.64. The molecule has 0 amide bonds. The minimum atomic E-state index is 0. The van der Waals surface area contributed by atoms with Crippen molar-refractivity contribution in [3.8, 4) is 0 Å². The van der Waals surface area contributed by atoms with E-state index in [9.17, 15) is 0 Å². The van der Waals surface area contributed by atoms with Crippen LogP contribution < -0.4 is 0 Å². The second-order valence-electron chi connectivity index (χ2n) is 6.71. The van der Waals surface area contributed by atoms with Gasteiger partial charge in [-0.25, -0.2) is 0 Å². The van der Waals surface area contributed by atoms with Crippen LogP contribution in [0.4, 0.5) is 0 Å². The Labute approximate surface area is 212 Å². The SMILES string of the molecule is Cl.Cl.Cl.[SiH3]CCc1ccccc1.[SiH3]CCc1ccccc1.[SiH3]CCc1ccccc1. The van der Waals surface area contributed by atoms with Crippen LogP contribution in [0.15, 0.2) is 91.0 Å². The van der Waals surface area contributed by atoms with Gasteiger partial charge in [0.2, 0.25) is 0 Å². The highest BCUT2D eigenvalue weighted by Crippen LogP contribution is 2.01. The van der Waals surface area contributed by atoms with E-state index in [0.717, 1.165) is 0 Å². The van der Waals surface area contributed by atoms with Crippen molar-refractivity contribution in [1.29, 1.82) is 0 Å². The molecule has 0 atom stereocenters. The van der Waals surface area contributed by atoms with Gasteiger partial charge in [-0.3, -0.25) is 0 Å². The lowest BCUT2D eigenvalue weighted by atomic mass is 10.2. The van der Waals surface area contributed by atoms with Gasteiger partial charge in [0.25, 0.3) is 0 Å². The summed E-state index contributed by atoms with van der Waals surface area (Å²) >= 11 is 0. The van der Waals surface area contributed by atoms with Crippen molar-refractivity contribution in [3.05, 3.63) is 108 Å². The summed E-state index contributed by atoms with van der Waals surface area (Å²) in [4.78, 5) is 0. The number of benzene rings is 3. The van der Waals surface area contributed by atoms with Gasteiger partial charge >= 0.3 is 0 Å². The fourth-order valence-corrected chi connectivity index (χ4v) is 4.53. The molecule has 0 aliphatic carbocycles. The van der Waals surface area contributed by atoms with Gasteiger partial charge in [0.1, 0.15) is 0 Å². The molecule has 6 heteroatoms. The highest BCUT2D eigenvalue weighted by molar-refractivity contribution is 6.09. The van der Waals surface area contributed by atoms with Crippen LogP contribution in [0.25, 0.3) is 0 Å². The largest absolute Gasteiger partial charge is 0.147 e. The molecule has 0 spiro atoms. The molecular formula is C24H39Cl3Si3. The van der Waals surface area contributed by atoms with Gasteiger partial charge in [-0.1, -0.05) is 109 Å². The lowest BCUT2D eigenvalue weighted by Gasteiger charge is -1.93. The van der Waals surface area contributed by atoms with Gasteiger partial charge in [0, 0.05) is 30.7 Å². The quantitative estimate of drug-likeness (QED) is 0.428. The molecule has 0 heterocycles. The zero-order valence-corrected chi connectivity index (χ0v) is 27.1. The minimum absolute atomic E-state index is 0. The fourth-order valence-electron chi connectivity index (χ4n) is 2.80. The van der Waals surface area contributed by atoms with E-state index in [4.69, 9.17) is 0 Å². The highest BCUT2D eigenvalue weighted by atomic mass is 35.5. The van der Waals surface area contributed by atoms with Crippen molar-refractivity contribution in [2.75, 3.05) is 0 Å². The van der Waals surface area contributed by atoms with Crippen LogP contribution in [-0.2, 0) is 19.3 Å². The summed E-state index contributed by atoms with van der Waals surface area (Å²) in [6.45, 7) is 0. The number of aryl methyl sites for hydroxylation is 3. The predicted molar refractivity (Wildman–Crippen MR) is 156 cm³/mol. The molecule has 3 aromatic carbocycles. The fraction of sp³-hybridized carbons (Fsp3) is 0.250. The Kier molecular flexibility index (Phi) is 27.6. The Morgan fingerprint density at radius 1 is 0.367 bits per heavy atom. The molecule has 3 aromatic rings. The average Bonchev–Trinajstić information content (AvgIpc) is 2.72. The summed E-state index contributed by atoms with van der Waals surface area (Å²) in [6, 6.07) is 36.1. The van der Waals surface area contributed by atoms with E-state index in [1.54, 1.807) is 0 Å².